The molecule has 1 aliphatic rings. The molecule has 5 nitrogen and oxygen atoms in total. The Balaban J connectivity index is 2.57. The van der Waals surface area contributed by atoms with Crippen LogP contribution in [0.15, 0.2) is 0 Å². The molecule has 0 bridgehead atoms. The summed E-state index contributed by atoms with van der Waals surface area (Å²) in [6.45, 7) is 6.57. The Morgan fingerprint density at radius 3 is 2.78 bits per heavy atom. The number of nitrogens with one attached hydrogen (secondary N) is 3. The van der Waals surface area contributed by atoms with Crippen molar-refractivity contribution in [2.75, 3.05) is 0 Å². The fourth-order valence-corrected chi connectivity index (χ4v) is 0.565. The van der Waals surface area contributed by atoms with Crippen LogP contribution in [-0.2, 0) is 0 Å². The van der Waals surface area contributed by atoms with Gasteiger partial charge in [-0.25, -0.2) is 12.0 Å². The molecule has 1 aliphatic heterocycles. The fraction of sp³-hybridized carbons (Fsp3) is 0.500. The maximum atomic E-state index is 8.33. The molecule has 5 heteroatoms. The lowest BCUT2D eigenvalue weighted by Gasteiger charge is -1.93. The molecule has 0 aromatic heterocycles. The third-order valence-corrected chi connectivity index (χ3v) is 1.04. The van der Waals surface area contributed by atoms with Gasteiger partial charge in [-0.15, -0.1) is 0 Å². The molecule has 0 aliphatic carbocycles. The first kappa shape index (κ1) is 5.99. The van der Waals surface area contributed by atoms with Gasteiger partial charge >= 0.3 is 6.17 Å². The van der Waals surface area contributed by atoms with Crippen LogP contribution in [0.5, 0.6) is 0 Å². The molecule has 0 spiro atoms. The summed E-state index contributed by atoms with van der Waals surface area (Å²) in [4.78, 5) is 3.13. The van der Waals surface area contributed by atoms with Crippen molar-refractivity contribution in [1.29, 1.82) is 5.26 Å². The van der Waals surface area contributed by atoms with Crippen molar-refractivity contribution in [3.8, 4) is 6.07 Å². The number of nitriles is 1. The highest BCUT2D eigenvalue weighted by atomic mass is 15.7. The van der Waals surface area contributed by atoms with Crippen molar-refractivity contribution in [3.05, 3.63) is 11.4 Å². The quantitative estimate of drug-likeness (QED) is 0.352. The van der Waals surface area contributed by atoms with Crippen molar-refractivity contribution in [3.63, 3.8) is 0 Å². The minimum atomic E-state index is -0.463. The number of rotatable bonds is 0. The Kier molecular flexibility index (Phi) is 1.61. The van der Waals surface area contributed by atoms with Crippen LogP contribution >= 0.6 is 0 Å². The molecule has 1 fully saturated rings. The molecule has 1 saturated heterocycles. The van der Waals surface area contributed by atoms with Crippen LogP contribution in [-0.4, -0.2) is 12.2 Å². The van der Waals surface area contributed by atoms with Crippen LogP contribution in [0.4, 0.5) is 0 Å². The van der Waals surface area contributed by atoms with E-state index in [-0.39, 0.29) is 0 Å². The van der Waals surface area contributed by atoms with Gasteiger partial charge in [0.1, 0.15) is 0 Å². The Morgan fingerprint density at radius 2 is 2.33 bits per heavy atom. The standard InChI is InChI=1S/C4H5N5/c1-6-4-3(2-5)7-9-8-4/h3-4,7-9H. The van der Waals surface area contributed by atoms with E-state index in [2.05, 4.69) is 21.2 Å². The summed E-state index contributed by atoms with van der Waals surface area (Å²) in [7, 11) is 0. The predicted octanol–water partition coefficient (Wildman–Crippen LogP) is -1.26. The van der Waals surface area contributed by atoms with Gasteiger partial charge in [0.25, 0.3) is 0 Å². The summed E-state index contributed by atoms with van der Waals surface area (Å²) in [5.74, 6) is 0. The van der Waals surface area contributed by atoms with Gasteiger partial charge < -0.3 is 0 Å². The minimum Gasteiger partial charge on any atom is -0.292 e. The second-order valence-electron chi connectivity index (χ2n) is 1.59. The zero-order chi connectivity index (χ0) is 6.69. The Morgan fingerprint density at radius 1 is 1.56 bits per heavy atom. The zero-order valence-electron chi connectivity index (χ0n) is 4.55. The lowest BCUT2D eigenvalue weighted by atomic mass is 10.3. The van der Waals surface area contributed by atoms with Gasteiger partial charge in [0.15, 0.2) is 0 Å². The molecule has 0 aromatic carbocycles. The van der Waals surface area contributed by atoms with Crippen LogP contribution in [0.1, 0.15) is 0 Å². The van der Waals surface area contributed by atoms with Crippen molar-refractivity contribution >= 4 is 0 Å². The van der Waals surface area contributed by atoms with E-state index < -0.39 is 12.2 Å². The van der Waals surface area contributed by atoms with Crippen molar-refractivity contribution < 1.29 is 0 Å². The van der Waals surface area contributed by atoms with E-state index in [1.807, 2.05) is 6.07 Å². The lowest BCUT2D eigenvalue weighted by Crippen LogP contribution is -2.32. The first-order valence-corrected chi connectivity index (χ1v) is 2.40. The van der Waals surface area contributed by atoms with E-state index in [4.69, 9.17) is 11.8 Å². The number of hydrazine groups is 2. The van der Waals surface area contributed by atoms with Crippen LogP contribution in [0.25, 0.3) is 4.85 Å². The van der Waals surface area contributed by atoms with E-state index in [9.17, 15) is 0 Å². The zero-order valence-corrected chi connectivity index (χ0v) is 4.55. The van der Waals surface area contributed by atoms with Gasteiger partial charge in [0, 0.05) is 0 Å². The Bertz CT molecular complexity index is 154. The normalized spacial score (nSPS) is 33.1. The molecule has 0 aromatic rings. The molecular weight excluding hydrogens is 118 g/mol. The number of hydrogen-bond donors (Lipinski definition) is 3. The summed E-state index contributed by atoms with van der Waals surface area (Å²) in [6, 6.07) is 1.47. The van der Waals surface area contributed by atoms with Crippen molar-refractivity contribution in [2.45, 2.75) is 12.2 Å². The highest BCUT2D eigenvalue weighted by Gasteiger charge is 2.30. The van der Waals surface area contributed by atoms with Crippen LogP contribution in [0.3, 0.4) is 0 Å². The lowest BCUT2D eigenvalue weighted by molar-refractivity contribution is 0.570. The summed E-state index contributed by atoms with van der Waals surface area (Å²) >= 11 is 0. The highest BCUT2D eigenvalue weighted by molar-refractivity contribution is 5.03. The van der Waals surface area contributed by atoms with Gasteiger partial charge in [0.05, 0.1) is 6.07 Å². The Labute approximate surface area is 52.4 Å². The molecule has 3 N–H and O–H groups in total. The van der Waals surface area contributed by atoms with Crippen LogP contribution in [0, 0.1) is 17.9 Å². The SMILES string of the molecule is [C-]#[N+]C1NNNC1C#N. The largest absolute Gasteiger partial charge is 0.320 e. The minimum absolute atomic E-state index is 0.442. The summed E-state index contributed by atoms with van der Waals surface area (Å²) in [6.07, 6.45) is -0.463. The first-order chi connectivity index (χ1) is 4.38. The van der Waals surface area contributed by atoms with E-state index in [1.165, 1.54) is 0 Å². The number of nitrogens with zero attached hydrogens (tertiary/aromatic N) is 2. The van der Waals surface area contributed by atoms with Gasteiger partial charge in [-0.1, -0.05) is 0 Å². The smallest absolute Gasteiger partial charge is 0.292 e. The predicted molar refractivity (Wildman–Crippen MR) is 29.2 cm³/mol. The third kappa shape index (κ3) is 0.980. The third-order valence-electron chi connectivity index (χ3n) is 1.04. The fourth-order valence-electron chi connectivity index (χ4n) is 0.565. The molecule has 2 atom stereocenters. The Hall–Kier alpha value is -1.14. The van der Waals surface area contributed by atoms with Gasteiger partial charge in [0.2, 0.25) is 6.04 Å². The maximum absolute atomic E-state index is 8.33. The molecule has 1 heterocycles. The highest BCUT2D eigenvalue weighted by Crippen LogP contribution is 1.95. The van der Waals surface area contributed by atoms with E-state index in [1.54, 1.807) is 0 Å². The van der Waals surface area contributed by atoms with E-state index >= 15 is 0 Å². The second kappa shape index (κ2) is 2.42. The average molecular weight is 123 g/mol. The topological polar surface area (TPSA) is 64.2 Å². The summed E-state index contributed by atoms with van der Waals surface area (Å²) in [5.41, 5.74) is 7.63. The van der Waals surface area contributed by atoms with Crippen molar-refractivity contribution in [1.82, 2.24) is 16.4 Å². The average Bonchev–Trinajstić information content (AvgIpc) is 2.33. The van der Waals surface area contributed by atoms with E-state index in [0.717, 1.165) is 0 Å². The number of hydrogen-bond acceptors (Lipinski definition) is 4. The molecule has 0 radical (unpaired) electrons. The molecule has 0 amide bonds. The van der Waals surface area contributed by atoms with E-state index in [0.29, 0.717) is 0 Å². The molecule has 1 rings (SSSR count). The second-order valence-corrected chi connectivity index (χ2v) is 1.59. The molecule has 9 heavy (non-hydrogen) atoms. The molecule has 0 saturated carbocycles. The van der Waals surface area contributed by atoms with Gasteiger partial charge in [-0.3, -0.25) is 4.85 Å². The molecular formula is C4H5N5. The molecule has 46 valence electrons. The summed E-state index contributed by atoms with van der Waals surface area (Å²) in [5, 5.41) is 8.33. The summed E-state index contributed by atoms with van der Waals surface area (Å²) < 4.78 is 0. The van der Waals surface area contributed by atoms with Gasteiger partial charge in [-0.05, 0) is 0 Å². The maximum Gasteiger partial charge on any atom is 0.320 e. The first-order valence-electron chi connectivity index (χ1n) is 2.40. The van der Waals surface area contributed by atoms with Gasteiger partial charge in [-0.2, -0.15) is 16.2 Å². The van der Waals surface area contributed by atoms with Crippen LogP contribution in [0.2, 0.25) is 0 Å². The molecule has 2 unspecified atom stereocenters. The monoisotopic (exact) mass is 123 g/mol. The van der Waals surface area contributed by atoms with Crippen molar-refractivity contribution in [2.24, 2.45) is 0 Å². The van der Waals surface area contributed by atoms with Crippen LogP contribution < -0.4 is 16.4 Å².